The number of rotatable bonds is 10. The van der Waals surface area contributed by atoms with Gasteiger partial charge in [0.2, 0.25) is 0 Å². The minimum Gasteiger partial charge on any atom is -0.478 e. The maximum Gasteiger partial charge on any atom is 0.408 e. The van der Waals surface area contributed by atoms with Gasteiger partial charge >= 0.3 is 6.09 Å². The molecule has 2 aromatic carbocycles. The van der Waals surface area contributed by atoms with Crippen LogP contribution in [0.15, 0.2) is 72.2 Å². The van der Waals surface area contributed by atoms with Crippen molar-refractivity contribution in [2.24, 2.45) is 5.10 Å². The SMILES string of the molecule is N#CCOc1ccccc1/C=N\NC(=O)[C@H](Cc1cnc[nH]1)NC(=O)OCc1ccccc1. The zero-order chi connectivity index (χ0) is 23.3. The Hall–Kier alpha value is -4.65. The molecule has 0 fully saturated rings. The number of nitriles is 1. The zero-order valence-electron chi connectivity index (χ0n) is 17.6. The molecule has 3 rings (SSSR count). The van der Waals surface area contributed by atoms with E-state index in [1.165, 1.54) is 12.5 Å². The molecule has 168 valence electrons. The predicted octanol–water partition coefficient (Wildman–Crippen LogP) is 2.30. The van der Waals surface area contributed by atoms with Crippen molar-refractivity contribution in [1.82, 2.24) is 20.7 Å². The second kappa shape index (κ2) is 12.3. The summed E-state index contributed by atoms with van der Waals surface area (Å²) in [5.41, 5.74) is 4.46. The van der Waals surface area contributed by atoms with Gasteiger partial charge in [-0.05, 0) is 17.7 Å². The number of aromatic nitrogens is 2. The van der Waals surface area contributed by atoms with E-state index in [9.17, 15) is 9.59 Å². The second-order valence-electron chi connectivity index (χ2n) is 6.76. The van der Waals surface area contributed by atoms with Crippen LogP contribution in [0.25, 0.3) is 0 Å². The summed E-state index contributed by atoms with van der Waals surface area (Å²) in [5.74, 6) is -0.0957. The molecule has 2 amide bonds. The number of hydrogen-bond donors (Lipinski definition) is 3. The normalized spacial score (nSPS) is 11.4. The van der Waals surface area contributed by atoms with Gasteiger partial charge in [0, 0.05) is 23.9 Å². The van der Waals surface area contributed by atoms with E-state index in [0.29, 0.717) is 17.0 Å². The van der Waals surface area contributed by atoms with Gasteiger partial charge < -0.3 is 19.8 Å². The lowest BCUT2D eigenvalue weighted by Crippen LogP contribution is -2.47. The summed E-state index contributed by atoms with van der Waals surface area (Å²) in [6, 6.07) is 17.1. The van der Waals surface area contributed by atoms with Gasteiger partial charge in [0.15, 0.2) is 6.61 Å². The average Bonchev–Trinajstić information content (AvgIpc) is 3.35. The predicted molar refractivity (Wildman–Crippen MR) is 119 cm³/mol. The van der Waals surface area contributed by atoms with Crippen molar-refractivity contribution in [2.75, 3.05) is 6.61 Å². The lowest BCUT2D eigenvalue weighted by molar-refractivity contribution is -0.123. The van der Waals surface area contributed by atoms with Gasteiger partial charge in [0.05, 0.1) is 12.5 Å². The van der Waals surface area contributed by atoms with Crippen LogP contribution < -0.4 is 15.5 Å². The molecule has 0 aliphatic heterocycles. The standard InChI is InChI=1S/C23H22N6O4/c24-10-11-32-21-9-5-4-8-18(21)13-27-29-22(30)20(12-19-14-25-16-26-19)28-23(31)33-15-17-6-2-1-3-7-17/h1-9,13-14,16,20H,11-12,15H2,(H,25,26)(H,28,31)(H,29,30)/b27-13-/t20-/m0/s1. The molecule has 1 heterocycles. The smallest absolute Gasteiger partial charge is 0.408 e. The highest BCUT2D eigenvalue weighted by atomic mass is 16.5. The number of alkyl carbamates (subject to hydrolysis) is 1. The van der Waals surface area contributed by atoms with Crippen LogP contribution in [0.5, 0.6) is 5.75 Å². The molecular formula is C23H22N6O4. The highest BCUT2D eigenvalue weighted by Gasteiger charge is 2.22. The van der Waals surface area contributed by atoms with Crippen LogP contribution in [0, 0.1) is 11.3 Å². The fourth-order valence-electron chi connectivity index (χ4n) is 2.80. The number of para-hydroxylation sites is 1. The third-order valence-corrected chi connectivity index (χ3v) is 4.39. The molecular weight excluding hydrogens is 424 g/mol. The molecule has 10 nitrogen and oxygen atoms in total. The number of hydrogen-bond acceptors (Lipinski definition) is 7. The van der Waals surface area contributed by atoms with Gasteiger partial charge in [-0.3, -0.25) is 4.79 Å². The van der Waals surface area contributed by atoms with Crippen LogP contribution in [0.4, 0.5) is 4.79 Å². The fourth-order valence-corrected chi connectivity index (χ4v) is 2.80. The van der Waals surface area contributed by atoms with E-state index in [1.807, 2.05) is 36.4 Å². The molecule has 0 radical (unpaired) electrons. The maximum atomic E-state index is 12.7. The molecule has 0 saturated carbocycles. The molecule has 1 aromatic heterocycles. The number of ether oxygens (including phenoxy) is 2. The van der Waals surface area contributed by atoms with Crippen LogP contribution in [-0.2, 0) is 22.6 Å². The first kappa shape index (κ1) is 23.0. The van der Waals surface area contributed by atoms with Crippen molar-refractivity contribution in [3.05, 3.63) is 83.9 Å². The molecule has 10 heteroatoms. The minimum absolute atomic E-state index is 0.0721. The molecule has 0 unspecified atom stereocenters. The molecule has 0 saturated heterocycles. The molecule has 0 aliphatic carbocycles. The van der Waals surface area contributed by atoms with Gasteiger partial charge in [0.1, 0.15) is 24.5 Å². The van der Waals surface area contributed by atoms with Gasteiger partial charge in [-0.25, -0.2) is 15.2 Å². The highest BCUT2D eigenvalue weighted by Crippen LogP contribution is 2.15. The van der Waals surface area contributed by atoms with Gasteiger partial charge in [-0.1, -0.05) is 42.5 Å². The maximum absolute atomic E-state index is 12.7. The first-order valence-corrected chi connectivity index (χ1v) is 10.0. The minimum atomic E-state index is -0.962. The van der Waals surface area contributed by atoms with Crippen LogP contribution in [0.1, 0.15) is 16.8 Å². The third kappa shape index (κ3) is 7.52. The molecule has 3 N–H and O–H groups in total. The Kier molecular flexibility index (Phi) is 8.56. The average molecular weight is 446 g/mol. The third-order valence-electron chi connectivity index (χ3n) is 4.39. The Bertz CT molecular complexity index is 1110. The van der Waals surface area contributed by atoms with Gasteiger partial charge in [-0.2, -0.15) is 10.4 Å². The summed E-state index contributed by atoms with van der Waals surface area (Å²) in [7, 11) is 0. The Morgan fingerprint density at radius 2 is 1.97 bits per heavy atom. The van der Waals surface area contributed by atoms with Crippen molar-refractivity contribution in [2.45, 2.75) is 19.1 Å². The summed E-state index contributed by atoms with van der Waals surface area (Å²) in [4.78, 5) is 31.8. The molecule has 33 heavy (non-hydrogen) atoms. The van der Waals surface area contributed by atoms with Crippen LogP contribution in [0.2, 0.25) is 0 Å². The van der Waals surface area contributed by atoms with Crippen molar-refractivity contribution < 1.29 is 19.1 Å². The quantitative estimate of drug-likeness (QED) is 0.322. The van der Waals surface area contributed by atoms with E-state index in [0.717, 1.165) is 5.56 Å². The van der Waals surface area contributed by atoms with E-state index in [1.54, 1.807) is 30.5 Å². The van der Waals surface area contributed by atoms with E-state index < -0.39 is 18.0 Å². The highest BCUT2D eigenvalue weighted by molar-refractivity contribution is 5.88. The number of H-pyrrole nitrogens is 1. The number of carbonyl (C=O) groups is 2. The number of aromatic amines is 1. The number of amides is 2. The molecule has 0 bridgehead atoms. The molecule has 3 aromatic rings. The number of carbonyl (C=O) groups excluding carboxylic acids is 2. The van der Waals surface area contributed by atoms with Gasteiger partial charge in [0.25, 0.3) is 5.91 Å². The Balaban J connectivity index is 1.61. The Morgan fingerprint density at radius 1 is 1.18 bits per heavy atom. The summed E-state index contributed by atoms with van der Waals surface area (Å²) in [6.45, 7) is -0.0405. The monoisotopic (exact) mass is 446 g/mol. The van der Waals surface area contributed by atoms with Crippen molar-refractivity contribution in [1.29, 1.82) is 5.26 Å². The topological polar surface area (TPSA) is 141 Å². The fraction of sp³-hybridized carbons (Fsp3) is 0.174. The van der Waals surface area contributed by atoms with E-state index in [2.05, 4.69) is 25.8 Å². The van der Waals surface area contributed by atoms with Gasteiger partial charge in [-0.15, -0.1) is 0 Å². The summed E-state index contributed by atoms with van der Waals surface area (Å²) in [6.07, 6.45) is 3.85. The Morgan fingerprint density at radius 3 is 2.73 bits per heavy atom. The van der Waals surface area contributed by atoms with E-state index in [4.69, 9.17) is 14.7 Å². The number of benzene rings is 2. The number of nitrogens with zero attached hydrogens (tertiary/aromatic N) is 3. The van der Waals surface area contributed by atoms with Crippen LogP contribution in [-0.4, -0.2) is 40.8 Å². The first-order valence-electron chi connectivity index (χ1n) is 10.0. The zero-order valence-corrected chi connectivity index (χ0v) is 17.6. The van der Waals surface area contributed by atoms with Crippen molar-refractivity contribution >= 4 is 18.2 Å². The van der Waals surface area contributed by atoms with Crippen molar-refractivity contribution in [3.63, 3.8) is 0 Å². The Labute approximate surface area is 190 Å². The number of nitrogens with one attached hydrogen (secondary N) is 3. The van der Waals surface area contributed by atoms with E-state index >= 15 is 0 Å². The van der Waals surface area contributed by atoms with Crippen LogP contribution in [0.3, 0.4) is 0 Å². The lowest BCUT2D eigenvalue weighted by atomic mass is 10.1. The summed E-state index contributed by atoms with van der Waals surface area (Å²) < 4.78 is 10.5. The molecule has 1 atom stereocenters. The largest absolute Gasteiger partial charge is 0.478 e. The van der Waals surface area contributed by atoms with Crippen molar-refractivity contribution in [3.8, 4) is 11.8 Å². The number of imidazole rings is 1. The number of hydrazone groups is 1. The molecule has 0 aliphatic rings. The first-order chi connectivity index (χ1) is 16.2. The summed E-state index contributed by atoms with van der Waals surface area (Å²) in [5, 5.41) is 15.2. The second-order valence-corrected chi connectivity index (χ2v) is 6.76. The van der Waals surface area contributed by atoms with Crippen LogP contribution >= 0.6 is 0 Å². The van der Waals surface area contributed by atoms with E-state index in [-0.39, 0.29) is 19.6 Å². The molecule has 0 spiro atoms. The lowest BCUT2D eigenvalue weighted by Gasteiger charge is -2.16. The summed E-state index contributed by atoms with van der Waals surface area (Å²) >= 11 is 0.